The SMILES string of the molecule is CC(=O)OCC(=O)NCCCOc1cccc(CN2CCCCC2)c1.Cl. The van der Waals surface area contributed by atoms with Crippen molar-refractivity contribution >= 4 is 24.3 Å². The van der Waals surface area contributed by atoms with E-state index in [9.17, 15) is 9.59 Å². The lowest BCUT2D eigenvalue weighted by atomic mass is 10.1. The molecule has 146 valence electrons. The smallest absolute Gasteiger partial charge is 0.303 e. The number of carbonyl (C=O) groups is 2. The highest BCUT2D eigenvalue weighted by Crippen LogP contribution is 2.17. The number of piperidine rings is 1. The number of amides is 1. The lowest BCUT2D eigenvalue weighted by Crippen LogP contribution is -2.30. The molecule has 0 unspecified atom stereocenters. The number of ether oxygens (including phenoxy) is 2. The van der Waals surface area contributed by atoms with E-state index in [1.165, 1.54) is 44.8 Å². The molecule has 0 radical (unpaired) electrons. The second-order valence-electron chi connectivity index (χ2n) is 6.32. The highest BCUT2D eigenvalue weighted by Gasteiger charge is 2.10. The summed E-state index contributed by atoms with van der Waals surface area (Å²) < 4.78 is 10.4. The number of hydrogen-bond donors (Lipinski definition) is 1. The van der Waals surface area contributed by atoms with Gasteiger partial charge in [0.05, 0.1) is 6.61 Å². The summed E-state index contributed by atoms with van der Waals surface area (Å²) in [6.45, 7) is 5.41. The van der Waals surface area contributed by atoms with Crippen LogP contribution in [0.1, 0.15) is 38.2 Å². The topological polar surface area (TPSA) is 67.9 Å². The minimum absolute atomic E-state index is 0. The molecule has 1 aliphatic heterocycles. The first-order valence-corrected chi connectivity index (χ1v) is 8.97. The largest absolute Gasteiger partial charge is 0.494 e. The number of carbonyl (C=O) groups excluding carboxylic acids is 2. The lowest BCUT2D eigenvalue weighted by molar-refractivity contribution is -0.146. The van der Waals surface area contributed by atoms with Gasteiger partial charge in [-0.15, -0.1) is 12.4 Å². The number of benzene rings is 1. The molecule has 7 heteroatoms. The third-order valence-corrected chi connectivity index (χ3v) is 4.07. The lowest BCUT2D eigenvalue weighted by Gasteiger charge is -2.26. The van der Waals surface area contributed by atoms with Crippen molar-refractivity contribution in [3.63, 3.8) is 0 Å². The number of rotatable bonds is 9. The molecule has 1 aromatic rings. The van der Waals surface area contributed by atoms with Gasteiger partial charge >= 0.3 is 5.97 Å². The van der Waals surface area contributed by atoms with Gasteiger partial charge in [-0.05, 0) is 50.0 Å². The van der Waals surface area contributed by atoms with Crippen molar-refractivity contribution in [2.45, 2.75) is 39.2 Å². The van der Waals surface area contributed by atoms with Gasteiger partial charge in [-0.1, -0.05) is 18.6 Å². The van der Waals surface area contributed by atoms with Crippen LogP contribution in [0.2, 0.25) is 0 Å². The fourth-order valence-corrected chi connectivity index (χ4v) is 2.82. The second kappa shape index (κ2) is 12.5. The first-order chi connectivity index (χ1) is 12.1. The van der Waals surface area contributed by atoms with Crippen molar-refractivity contribution in [2.24, 2.45) is 0 Å². The quantitative estimate of drug-likeness (QED) is 0.523. The van der Waals surface area contributed by atoms with Crippen LogP contribution >= 0.6 is 12.4 Å². The molecule has 1 aliphatic rings. The fraction of sp³-hybridized carbons (Fsp3) is 0.579. The average Bonchev–Trinajstić information content (AvgIpc) is 2.61. The Labute approximate surface area is 161 Å². The molecular weight excluding hydrogens is 356 g/mol. The van der Waals surface area contributed by atoms with Gasteiger partial charge in [0.2, 0.25) is 0 Å². The van der Waals surface area contributed by atoms with Crippen molar-refractivity contribution < 1.29 is 19.1 Å². The molecule has 1 saturated heterocycles. The van der Waals surface area contributed by atoms with Crippen molar-refractivity contribution in [2.75, 3.05) is 32.8 Å². The Bertz CT molecular complexity index is 562. The zero-order valence-electron chi connectivity index (χ0n) is 15.4. The van der Waals surface area contributed by atoms with Crippen LogP contribution in [0.3, 0.4) is 0 Å². The molecule has 1 fully saturated rings. The van der Waals surface area contributed by atoms with Crippen LogP contribution in [0.4, 0.5) is 0 Å². The van der Waals surface area contributed by atoms with Crippen LogP contribution in [0.5, 0.6) is 5.75 Å². The van der Waals surface area contributed by atoms with Gasteiger partial charge in [0.25, 0.3) is 5.91 Å². The van der Waals surface area contributed by atoms with Gasteiger partial charge < -0.3 is 14.8 Å². The standard InChI is InChI=1S/C19H28N2O4.ClH/c1-16(22)25-15-19(23)20-9-6-12-24-18-8-5-7-17(13-18)14-21-10-3-2-4-11-21;/h5,7-8,13H,2-4,6,9-12,14-15H2,1H3,(H,20,23);1H. The molecule has 6 nitrogen and oxygen atoms in total. The van der Waals surface area contributed by atoms with Gasteiger partial charge in [0.1, 0.15) is 5.75 Å². The molecule has 0 spiro atoms. The minimum Gasteiger partial charge on any atom is -0.494 e. The third kappa shape index (κ3) is 9.06. The molecule has 0 saturated carbocycles. The van der Waals surface area contributed by atoms with Gasteiger partial charge in [-0.2, -0.15) is 0 Å². The first kappa shape index (κ1) is 22.3. The van der Waals surface area contributed by atoms with E-state index >= 15 is 0 Å². The minimum atomic E-state index is -0.456. The highest BCUT2D eigenvalue weighted by atomic mass is 35.5. The van der Waals surface area contributed by atoms with E-state index in [0.29, 0.717) is 19.6 Å². The van der Waals surface area contributed by atoms with E-state index in [-0.39, 0.29) is 24.9 Å². The van der Waals surface area contributed by atoms with Crippen molar-refractivity contribution in [1.82, 2.24) is 10.2 Å². The van der Waals surface area contributed by atoms with E-state index in [0.717, 1.165) is 12.3 Å². The molecule has 2 rings (SSSR count). The molecule has 1 amide bonds. The zero-order valence-corrected chi connectivity index (χ0v) is 16.2. The summed E-state index contributed by atoms with van der Waals surface area (Å²) in [4.78, 5) is 24.5. The zero-order chi connectivity index (χ0) is 17.9. The number of nitrogens with zero attached hydrogens (tertiary/aromatic N) is 1. The maximum Gasteiger partial charge on any atom is 0.303 e. The highest BCUT2D eigenvalue weighted by molar-refractivity contribution is 5.85. The summed E-state index contributed by atoms with van der Waals surface area (Å²) in [5, 5.41) is 2.69. The summed E-state index contributed by atoms with van der Waals surface area (Å²) in [5.74, 6) is 0.113. The van der Waals surface area contributed by atoms with E-state index in [1.807, 2.05) is 12.1 Å². The Morgan fingerprint density at radius 2 is 1.96 bits per heavy atom. The van der Waals surface area contributed by atoms with Crippen LogP contribution in [-0.2, 0) is 20.9 Å². The third-order valence-electron chi connectivity index (χ3n) is 4.07. The van der Waals surface area contributed by atoms with Gasteiger partial charge in [0.15, 0.2) is 6.61 Å². The van der Waals surface area contributed by atoms with Crippen LogP contribution in [0, 0.1) is 0 Å². The van der Waals surface area contributed by atoms with Crippen molar-refractivity contribution in [3.05, 3.63) is 29.8 Å². The van der Waals surface area contributed by atoms with E-state index in [2.05, 4.69) is 27.1 Å². The predicted molar refractivity (Wildman–Crippen MR) is 103 cm³/mol. The number of nitrogens with one attached hydrogen (secondary N) is 1. The molecule has 1 heterocycles. The van der Waals surface area contributed by atoms with Crippen LogP contribution in [0.25, 0.3) is 0 Å². The predicted octanol–water partition coefficient (Wildman–Crippen LogP) is 2.54. The number of hydrogen-bond acceptors (Lipinski definition) is 5. The molecule has 0 aliphatic carbocycles. The summed E-state index contributed by atoms with van der Waals surface area (Å²) in [6.07, 6.45) is 4.62. The summed E-state index contributed by atoms with van der Waals surface area (Å²) in [5.41, 5.74) is 1.27. The average molecular weight is 385 g/mol. The molecule has 0 bridgehead atoms. The van der Waals surface area contributed by atoms with Crippen molar-refractivity contribution in [1.29, 1.82) is 0 Å². The second-order valence-corrected chi connectivity index (χ2v) is 6.32. The molecule has 0 aromatic heterocycles. The molecule has 1 N–H and O–H groups in total. The van der Waals surface area contributed by atoms with Crippen LogP contribution in [-0.4, -0.2) is 49.6 Å². The Morgan fingerprint density at radius 3 is 2.69 bits per heavy atom. The molecule has 1 aromatic carbocycles. The van der Waals surface area contributed by atoms with Gasteiger partial charge in [-0.3, -0.25) is 14.5 Å². The fourth-order valence-electron chi connectivity index (χ4n) is 2.82. The normalized spacial score (nSPS) is 14.2. The van der Waals surface area contributed by atoms with Gasteiger partial charge in [-0.25, -0.2) is 0 Å². The maximum absolute atomic E-state index is 11.4. The summed E-state index contributed by atoms with van der Waals surface area (Å²) in [6, 6.07) is 8.21. The van der Waals surface area contributed by atoms with Crippen LogP contribution in [0.15, 0.2) is 24.3 Å². The Morgan fingerprint density at radius 1 is 1.19 bits per heavy atom. The number of likely N-dealkylation sites (tertiary alicyclic amines) is 1. The Balaban J connectivity index is 0.00000338. The molecular formula is C19H29ClN2O4. The summed E-state index contributed by atoms with van der Waals surface area (Å²) >= 11 is 0. The van der Waals surface area contributed by atoms with E-state index in [4.69, 9.17) is 4.74 Å². The van der Waals surface area contributed by atoms with Crippen LogP contribution < -0.4 is 10.1 Å². The number of esters is 1. The first-order valence-electron chi connectivity index (χ1n) is 8.97. The summed E-state index contributed by atoms with van der Waals surface area (Å²) in [7, 11) is 0. The maximum atomic E-state index is 11.4. The molecule has 0 atom stereocenters. The number of halogens is 1. The Hall–Kier alpha value is -1.79. The molecule has 26 heavy (non-hydrogen) atoms. The van der Waals surface area contributed by atoms with E-state index in [1.54, 1.807) is 0 Å². The monoisotopic (exact) mass is 384 g/mol. The van der Waals surface area contributed by atoms with Crippen molar-refractivity contribution in [3.8, 4) is 5.75 Å². The Kier molecular flexibility index (Phi) is 10.7. The van der Waals surface area contributed by atoms with E-state index < -0.39 is 5.97 Å². The van der Waals surface area contributed by atoms with Gasteiger partial charge in [0, 0.05) is 20.0 Å².